The first-order valence-electron chi connectivity index (χ1n) is 12.1. The van der Waals surface area contributed by atoms with E-state index < -0.39 is 0 Å². The number of nitrogens with one attached hydrogen (secondary N) is 1. The van der Waals surface area contributed by atoms with Crippen molar-refractivity contribution < 1.29 is 9.53 Å². The zero-order valence-electron chi connectivity index (χ0n) is 20.3. The molecule has 6 nitrogen and oxygen atoms in total. The molecular weight excluding hydrogens is 438 g/mol. The number of rotatable bonds is 9. The number of likely N-dealkylation sites (tertiary alicyclic amines) is 1. The maximum Gasteiger partial charge on any atom is 0.254 e. The van der Waals surface area contributed by atoms with Crippen molar-refractivity contribution in [3.8, 4) is 5.75 Å². The number of nitrogens with zero attached hydrogens (tertiary/aromatic N) is 2. The summed E-state index contributed by atoms with van der Waals surface area (Å²) < 4.78 is 7.40. The third kappa shape index (κ3) is 7.17. The summed E-state index contributed by atoms with van der Waals surface area (Å²) in [5.41, 5.74) is 4.10. The van der Waals surface area contributed by atoms with E-state index in [1.54, 1.807) is 17.7 Å². The van der Waals surface area contributed by atoms with Gasteiger partial charge in [0.25, 0.3) is 5.56 Å². The van der Waals surface area contributed by atoms with E-state index in [9.17, 15) is 9.59 Å². The normalized spacial score (nSPS) is 14.4. The molecule has 0 radical (unpaired) electrons. The van der Waals surface area contributed by atoms with Crippen molar-refractivity contribution in [1.82, 2.24) is 14.8 Å². The van der Waals surface area contributed by atoms with Crippen molar-refractivity contribution in [1.29, 1.82) is 0 Å². The Labute approximate surface area is 206 Å². The van der Waals surface area contributed by atoms with Crippen LogP contribution in [-0.2, 0) is 24.5 Å². The van der Waals surface area contributed by atoms with Crippen LogP contribution in [0.1, 0.15) is 36.5 Å². The quantitative estimate of drug-likeness (QED) is 0.507. The molecule has 1 amide bonds. The molecule has 0 aliphatic carbocycles. The molecule has 0 saturated carbocycles. The standard InChI is InChI=1S/C29H33N3O3/c1-22(19-32-17-14-28(18-29(32)34)35-21-25-6-4-3-5-7-25)26-10-8-24(9-11-26)20-31-15-12-27(13-16-31)30-23(2)33/h3-11,14,17-18,27H,1,12-13,15-16,19-21H2,2H3,(H,30,33). The van der Waals surface area contributed by atoms with Gasteiger partial charge in [-0.3, -0.25) is 14.5 Å². The summed E-state index contributed by atoms with van der Waals surface area (Å²) in [6.07, 6.45) is 3.73. The van der Waals surface area contributed by atoms with E-state index >= 15 is 0 Å². The van der Waals surface area contributed by atoms with Gasteiger partial charge in [-0.1, -0.05) is 61.2 Å². The van der Waals surface area contributed by atoms with Crippen molar-refractivity contribution in [3.63, 3.8) is 0 Å². The topological polar surface area (TPSA) is 63.6 Å². The number of carbonyl (C=O) groups is 1. The van der Waals surface area contributed by atoms with E-state index in [0.29, 0.717) is 24.9 Å². The summed E-state index contributed by atoms with van der Waals surface area (Å²) >= 11 is 0. The van der Waals surface area contributed by atoms with Gasteiger partial charge in [0.15, 0.2) is 0 Å². The highest BCUT2D eigenvalue weighted by atomic mass is 16.5. The van der Waals surface area contributed by atoms with E-state index in [0.717, 1.165) is 49.2 Å². The number of aromatic nitrogens is 1. The number of hydrogen-bond acceptors (Lipinski definition) is 4. The van der Waals surface area contributed by atoms with Gasteiger partial charge in [0.05, 0.1) is 6.54 Å². The van der Waals surface area contributed by atoms with Gasteiger partial charge in [-0.2, -0.15) is 0 Å². The summed E-state index contributed by atoms with van der Waals surface area (Å²) in [6.45, 7) is 9.48. The second-order valence-corrected chi connectivity index (χ2v) is 9.15. The number of carbonyl (C=O) groups excluding carboxylic acids is 1. The van der Waals surface area contributed by atoms with Crippen LogP contribution in [0.2, 0.25) is 0 Å². The fourth-order valence-electron chi connectivity index (χ4n) is 4.37. The van der Waals surface area contributed by atoms with Crippen LogP contribution in [0.25, 0.3) is 5.57 Å². The Hall–Kier alpha value is -3.64. The third-order valence-electron chi connectivity index (χ3n) is 6.34. The van der Waals surface area contributed by atoms with E-state index in [2.05, 4.69) is 41.1 Å². The highest BCUT2D eigenvalue weighted by Gasteiger charge is 2.19. The van der Waals surface area contributed by atoms with Crippen LogP contribution >= 0.6 is 0 Å². The van der Waals surface area contributed by atoms with Crippen molar-refractivity contribution in [3.05, 3.63) is 107 Å². The largest absolute Gasteiger partial charge is 0.489 e. The summed E-state index contributed by atoms with van der Waals surface area (Å²) in [5, 5.41) is 3.02. The minimum Gasteiger partial charge on any atom is -0.489 e. The van der Waals surface area contributed by atoms with Crippen LogP contribution in [0, 0.1) is 0 Å². The molecule has 1 fully saturated rings. The van der Waals surface area contributed by atoms with Crippen LogP contribution in [-0.4, -0.2) is 34.5 Å². The zero-order valence-corrected chi connectivity index (χ0v) is 20.3. The van der Waals surface area contributed by atoms with Crippen LogP contribution < -0.4 is 15.6 Å². The average Bonchev–Trinajstić information content (AvgIpc) is 2.86. The first kappa shape index (κ1) is 24.5. The average molecular weight is 472 g/mol. The van der Waals surface area contributed by atoms with Crippen molar-refractivity contribution in [2.24, 2.45) is 0 Å². The molecule has 2 heterocycles. The number of piperidine rings is 1. The fourth-order valence-corrected chi connectivity index (χ4v) is 4.37. The molecule has 0 bridgehead atoms. The minimum atomic E-state index is -0.115. The molecule has 6 heteroatoms. The molecule has 1 N–H and O–H groups in total. The minimum absolute atomic E-state index is 0.0499. The smallest absolute Gasteiger partial charge is 0.254 e. The van der Waals surface area contributed by atoms with Gasteiger partial charge >= 0.3 is 0 Å². The number of hydrogen-bond donors (Lipinski definition) is 1. The van der Waals surface area contributed by atoms with E-state index in [-0.39, 0.29) is 11.5 Å². The molecule has 2 aromatic carbocycles. The summed E-state index contributed by atoms with van der Waals surface area (Å²) in [7, 11) is 0. The highest BCUT2D eigenvalue weighted by Crippen LogP contribution is 2.19. The predicted molar refractivity (Wildman–Crippen MR) is 139 cm³/mol. The Balaban J connectivity index is 1.28. The Morgan fingerprint density at radius 3 is 2.40 bits per heavy atom. The van der Waals surface area contributed by atoms with Crippen LogP contribution in [0.5, 0.6) is 5.75 Å². The van der Waals surface area contributed by atoms with Crippen LogP contribution in [0.4, 0.5) is 0 Å². The SMILES string of the molecule is C=C(Cn1ccc(OCc2ccccc2)cc1=O)c1ccc(CN2CCC(NC(C)=O)CC2)cc1. The lowest BCUT2D eigenvalue weighted by Crippen LogP contribution is -2.43. The molecular formula is C29H33N3O3. The first-order valence-corrected chi connectivity index (χ1v) is 12.1. The second kappa shape index (κ2) is 11.7. The van der Waals surface area contributed by atoms with Gasteiger partial charge in [-0.25, -0.2) is 0 Å². The predicted octanol–water partition coefficient (Wildman–Crippen LogP) is 4.24. The molecule has 182 valence electrons. The van der Waals surface area contributed by atoms with Gasteiger partial charge in [0, 0.05) is 44.9 Å². The number of pyridine rings is 1. The Morgan fingerprint density at radius 2 is 1.74 bits per heavy atom. The summed E-state index contributed by atoms with van der Waals surface area (Å²) in [6, 6.07) is 21.9. The van der Waals surface area contributed by atoms with Gasteiger partial charge in [-0.15, -0.1) is 0 Å². The summed E-state index contributed by atoms with van der Waals surface area (Å²) in [5.74, 6) is 0.611. The van der Waals surface area contributed by atoms with Crippen molar-refractivity contribution in [2.75, 3.05) is 13.1 Å². The zero-order chi connectivity index (χ0) is 24.6. The highest BCUT2D eigenvalue weighted by molar-refractivity contribution is 5.73. The molecule has 1 aliphatic rings. The van der Waals surface area contributed by atoms with Gasteiger partial charge in [0.1, 0.15) is 12.4 Å². The number of benzene rings is 2. The molecule has 35 heavy (non-hydrogen) atoms. The molecule has 1 saturated heterocycles. The molecule has 0 spiro atoms. The lowest BCUT2D eigenvalue weighted by molar-refractivity contribution is -0.119. The Kier molecular flexibility index (Phi) is 8.16. The van der Waals surface area contributed by atoms with Gasteiger partial charge in [0.2, 0.25) is 5.91 Å². The maximum atomic E-state index is 12.6. The molecule has 3 aromatic rings. The monoisotopic (exact) mass is 471 g/mol. The fraction of sp³-hybridized carbons (Fsp3) is 0.310. The third-order valence-corrected chi connectivity index (χ3v) is 6.34. The van der Waals surface area contributed by atoms with Gasteiger partial charge < -0.3 is 14.6 Å². The number of ether oxygens (including phenoxy) is 1. The Morgan fingerprint density at radius 1 is 1.03 bits per heavy atom. The molecule has 0 unspecified atom stereocenters. The lowest BCUT2D eigenvalue weighted by atomic mass is 10.0. The van der Waals surface area contributed by atoms with Crippen molar-refractivity contribution >= 4 is 11.5 Å². The number of amides is 1. The first-order chi connectivity index (χ1) is 17.0. The summed E-state index contributed by atoms with van der Waals surface area (Å²) in [4.78, 5) is 26.2. The molecule has 4 rings (SSSR count). The van der Waals surface area contributed by atoms with Crippen molar-refractivity contribution in [2.45, 2.75) is 45.5 Å². The molecule has 1 aromatic heterocycles. The Bertz CT molecular complexity index is 1190. The molecule has 0 atom stereocenters. The molecule has 1 aliphatic heterocycles. The van der Waals surface area contributed by atoms with E-state index in [4.69, 9.17) is 4.74 Å². The van der Waals surface area contributed by atoms with E-state index in [1.807, 2.05) is 36.4 Å². The number of allylic oxidation sites excluding steroid dienone is 1. The second-order valence-electron chi connectivity index (χ2n) is 9.15. The van der Waals surface area contributed by atoms with Crippen LogP contribution in [0.15, 0.2) is 84.3 Å². The van der Waals surface area contributed by atoms with E-state index in [1.165, 1.54) is 11.6 Å². The van der Waals surface area contributed by atoms with Gasteiger partial charge in [-0.05, 0) is 41.2 Å². The maximum absolute atomic E-state index is 12.6. The van der Waals surface area contributed by atoms with Crippen LogP contribution in [0.3, 0.4) is 0 Å². The lowest BCUT2D eigenvalue weighted by Gasteiger charge is -2.32.